The first-order chi connectivity index (χ1) is 13.4. The molecule has 1 amide bonds. The highest BCUT2D eigenvalue weighted by atomic mass is 32.2. The third-order valence-electron chi connectivity index (χ3n) is 4.00. The van der Waals surface area contributed by atoms with E-state index in [2.05, 4.69) is 0 Å². The van der Waals surface area contributed by atoms with Gasteiger partial charge in [0.2, 0.25) is 5.75 Å². The maximum absolute atomic E-state index is 12.9. The summed E-state index contributed by atoms with van der Waals surface area (Å²) in [4.78, 5) is 26.0. The van der Waals surface area contributed by atoms with Crippen LogP contribution >= 0.6 is 35.7 Å². The van der Waals surface area contributed by atoms with Crippen LogP contribution in [-0.4, -0.2) is 65.6 Å². The predicted octanol–water partition coefficient (Wildman–Crippen LogP) is 3.12. The van der Waals surface area contributed by atoms with E-state index < -0.39 is 17.9 Å². The molecule has 0 aromatic heterocycles. The van der Waals surface area contributed by atoms with Gasteiger partial charge in [-0.2, -0.15) is 11.8 Å². The third-order valence-corrected chi connectivity index (χ3v) is 5.97. The van der Waals surface area contributed by atoms with Gasteiger partial charge in [0.05, 0.1) is 26.2 Å². The SMILES string of the molecule is COc1cc(C=C2SC(=S)N(C(CCSC)C(=O)O)C2=O)cc(OC)c1OC. The molecule has 152 valence electrons. The lowest BCUT2D eigenvalue weighted by Crippen LogP contribution is -2.44. The molecule has 7 nitrogen and oxygen atoms in total. The molecule has 1 unspecified atom stereocenters. The van der Waals surface area contributed by atoms with Gasteiger partial charge in [0.25, 0.3) is 5.91 Å². The van der Waals surface area contributed by atoms with Gasteiger partial charge < -0.3 is 19.3 Å². The van der Waals surface area contributed by atoms with E-state index in [0.29, 0.717) is 39.9 Å². The van der Waals surface area contributed by atoms with E-state index in [9.17, 15) is 14.7 Å². The van der Waals surface area contributed by atoms with Crippen LogP contribution in [0.1, 0.15) is 12.0 Å². The lowest BCUT2D eigenvalue weighted by atomic mass is 10.1. The van der Waals surface area contributed by atoms with Gasteiger partial charge >= 0.3 is 5.97 Å². The van der Waals surface area contributed by atoms with Crippen LogP contribution in [0.15, 0.2) is 17.0 Å². The molecule has 0 bridgehead atoms. The number of carboxylic acid groups (broad SMARTS) is 1. The second kappa shape index (κ2) is 10.0. The fourth-order valence-electron chi connectivity index (χ4n) is 2.68. The Hall–Kier alpha value is -1.91. The van der Waals surface area contributed by atoms with Crippen LogP contribution in [0.4, 0.5) is 0 Å². The Balaban J connectivity index is 2.39. The highest BCUT2D eigenvalue weighted by molar-refractivity contribution is 8.26. The van der Waals surface area contributed by atoms with Crippen molar-refractivity contribution < 1.29 is 28.9 Å². The first-order valence-corrected chi connectivity index (χ1v) is 10.8. The van der Waals surface area contributed by atoms with Crippen molar-refractivity contribution in [3.63, 3.8) is 0 Å². The first kappa shape index (κ1) is 22.4. The number of hydrogen-bond acceptors (Lipinski definition) is 8. The molecule has 0 saturated carbocycles. The fourth-order valence-corrected chi connectivity index (χ4v) is 4.49. The summed E-state index contributed by atoms with van der Waals surface area (Å²) in [5.74, 6) is 0.466. The Labute approximate surface area is 177 Å². The third kappa shape index (κ3) is 4.73. The van der Waals surface area contributed by atoms with Gasteiger partial charge in [-0.05, 0) is 42.2 Å². The highest BCUT2D eigenvalue weighted by Gasteiger charge is 2.40. The molecule has 0 radical (unpaired) electrons. The maximum atomic E-state index is 12.9. The van der Waals surface area contributed by atoms with E-state index in [1.165, 1.54) is 38.0 Å². The molecule has 1 aliphatic rings. The molecule has 10 heteroatoms. The molecule has 1 N–H and O–H groups in total. The Morgan fingerprint density at radius 2 is 1.89 bits per heavy atom. The summed E-state index contributed by atoms with van der Waals surface area (Å²) in [7, 11) is 4.51. The molecule has 1 aromatic rings. The van der Waals surface area contributed by atoms with E-state index in [0.717, 1.165) is 11.8 Å². The normalized spacial score (nSPS) is 16.4. The lowest BCUT2D eigenvalue weighted by Gasteiger charge is -2.22. The summed E-state index contributed by atoms with van der Waals surface area (Å²) >= 11 is 7.88. The highest BCUT2D eigenvalue weighted by Crippen LogP contribution is 2.40. The Bertz CT molecular complexity index is 786. The van der Waals surface area contributed by atoms with Gasteiger partial charge in [0.1, 0.15) is 10.4 Å². The van der Waals surface area contributed by atoms with Gasteiger partial charge in [-0.25, -0.2) is 4.79 Å². The molecule has 1 heterocycles. The van der Waals surface area contributed by atoms with Gasteiger partial charge in [-0.1, -0.05) is 24.0 Å². The van der Waals surface area contributed by atoms with Crippen LogP contribution in [0.3, 0.4) is 0 Å². The summed E-state index contributed by atoms with van der Waals surface area (Å²) in [5, 5.41) is 9.53. The lowest BCUT2D eigenvalue weighted by molar-refractivity contribution is -0.145. The van der Waals surface area contributed by atoms with Crippen LogP contribution in [0.2, 0.25) is 0 Å². The van der Waals surface area contributed by atoms with Crippen LogP contribution in [0.25, 0.3) is 6.08 Å². The molecular formula is C18H21NO6S3. The minimum absolute atomic E-state index is 0.234. The monoisotopic (exact) mass is 443 g/mol. The van der Waals surface area contributed by atoms with Gasteiger partial charge in [-0.15, -0.1) is 0 Å². The topological polar surface area (TPSA) is 85.3 Å². The van der Waals surface area contributed by atoms with Crippen molar-refractivity contribution >= 4 is 58.0 Å². The number of carboxylic acids is 1. The quantitative estimate of drug-likeness (QED) is 0.457. The van der Waals surface area contributed by atoms with E-state index >= 15 is 0 Å². The minimum atomic E-state index is -1.07. The summed E-state index contributed by atoms with van der Waals surface area (Å²) in [6.45, 7) is 0. The average molecular weight is 444 g/mol. The second-order valence-corrected chi connectivity index (χ2v) is 8.31. The number of benzene rings is 1. The van der Waals surface area contributed by atoms with Crippen LogP contribution in [0.5, 0.6) is 17.2 Å². The van der Waals surface area contributed by atoms with Crippen molar-refractivity contribution in [1.82, 2.24) is 4.90 Å². The Morgan fingerprint density at radius 3 is 2.36 bits per heavy atom. The van der Waals surface area contributed by atoms with E-state index in [1.54, 1.807) is 18.2 Å². The van der Waals surface area contributed by atoms with Gasteiger partial charge in [-0.3, -0.25) is 9.69 Å². The van der Waals surface area contributed by atoms with Crippen LogP contribution < -0.4 is 14.2 Å². The first-order valence-electron chi connectivity index (χ1n) is 8.16. The Morgan fingerprint density at radius 1 is 1.29 bits per heavy atom. The fraction of sp³-hybridized carbons (Fsp3) is 0.389. The molecule has 1 saturated heterocycles. The second-order valence-electron chi connectivity index (χ2n) is 5.65. The zero-order valence-corrected chi connectivity index (χ0v) is 18.3. The van der Waals surface area contributed by atoms with Crippen molar-refractivity contribution in [2.75, 3.05) is 33.3 Å². The van der Waals surface area contributed by atoms with Crippen LogP contribution in [0, 0.1) is 0 Å². The number of carbonyl (C=O) groups excluding carboxylic acids is 1. The summed E-state index contributed by atoms with van der Waals surface area (Å²) in [6, 6.07) is 2.43. The molecule has 28 heavy (non-hydrogen) atoms. The molecule has 0 aliphatic carbocycles. The van der Waals surface area contributed by atoms with Crippen LogP contribution in [-0.2, 0) is 9.59 Å². The van der Waals surface area contributed by atoms with Crippen molar-refractivity contribution in [2.24, 2.45) is 0 Å². The predicted molar refractivity (Wildman–Crippen MR) is 116 cm³/mol. The van der Waals surface area contributed by atoms with Gasteiger partial charge in [0, 0.05) is 0 Å². The number of thiocarbonyl (C=S) groups is 1. The number of carbonyl (C=O) groups is 2. The summed E-state index contributed by atoms with van der Waals surface area (Å²) in [5.41, 5.74) is 0.644. The molecule has 2 rings (SSSR count). The summed E-state index contributed by atoms with van der Waals surface area (Å²) < 4.78 is 16.2. The molecular weight excluding hydrogens is 422 g/mol. The smallest absolute Gasteiger partial charge is 0.326 e. The molecule has 0 spiro atoms. The Kier molecular flexibility index (Phi) is 8.02. The standard InChI is InChI=1S/C18H21NO6S3/c1-23-12-7-10(8-13(24-2)15(12)25-3)9-14-16(20)19(18(26)28-14)11(17(21)22)5-6-27-4/h7-9,11H,5-6H2,1-4H3,(H,21,22). The van der Waals surface area contributed by atoms with Gasteiger partial charge in [0.15, 0.2) is 11.5 Å². The zero-order valence-electron chi connectivity index (χ0n) is 15.9. The number of aliphatic carboxylic acids is 1. The van der Waals surface area contributed by atoms with Crippen molar-refractivity contribution in [3.05, 3.63) is 22.6 Å². The zero-order chi connectivity index (χ0) is 20.8. The van der Waals surface area contributed by atoms with Crippen molar-refractivity contribution in [2.45, 2.75) is 12.5 Å². The molecule has 1 fully saturated rings. The number of amides is 1. The molecule has 1 atom stereocenters. The number of ether oxygens (including phenoxy) is 3. The maximum Gasteiger partial charge on any atom is 0.326 e. The molecule has 1 aliphatic heterocycles. The number of rotatable bonds is 9. The minimum Gasteiger partial charge on any atom is -0.493 e. The molecule has 1 aromatic carbocycles. The number of methoxy groups -OCH3 is 3. The average Bonchev–Trinajstić information content (AvgIpc) is 2.94. The largest absolute Gasteiger partial charge is 0.493 e. The van der Waals surface area contributed by atoms with Crippen molar-refractivity contribution in [3.8, 4) is 17.2 Å². The number of thioether (sulfide) groups is 2. The summed E-state index contributed by atoms with van der Waals surface area (Å²) in [6.07, 6.45) is 3.84. The number of hydrogen-bond donors (Lipinski definition) is 1. The van der Waals surface area contributed by atoms with E-state index in [4.69, 9.17) is 26.4 Å². The van der Waals surface area contributed by atoms with E-state index in [1.807, 2.05) is 6.26 Å². The van der Waals surface area contributed by atoms with E-state index in [-0.39, 0.29) is 4.32 Å². The van der Waals surface area contributed by atoms with Crippen molar-refractivity contribution in [1.29, 1.82) is 0 Å². The number of nitrogens with zero attached hydrogens (tertiary/aromatic N) is 1.